The molecule has 0 saturated carbocycles. The number of carbonyl (C=O) groups excluding carboxylic acids is 1. The molecule has 5 heteroatoms. The van der Waals surface area contributed by atoms with E-state index in [1.54, 1.807) is 11.3 Å². The van der Waals surface area contributed by atoms with Crippen molar-refractivity contribution in [1.82, 2.24) is 9.88 Å². The maximum atomic E-state index is 12.3. The molecule has 0 spiro atoms. The summed E-state index contributed by atoms with van der Waals surface area (Å²) in [4.78, 5) is 22.7. The van der Waals surface area contributed by atoms with Crippen molar-refractivity contribution in [2.45, 2.75) is 39.7 Å². The summed E-state index contributed by atoms with van der Waals surface area (Å²) in [6.07, 6.45) is 1.57. The minimum absolute atomic E-state index is 0.0555. The minimum atomic E-state index is 0.0555. The van der Waals surface area contributed by atoms with Gasteiger partial charge in [0.2, 0.25) is 0 Å². The molecule has 0 amide bonds. The van der Waals surface area contributed by atoms with Gasteiger partial charge < -0.3 is 9.80 Å². The second kappa shape index (κ2) is 5.06. The van der Waals surface area contributed by atoms with Crippen LogP contribution in [0.5, 0.6) is 0 Å². The Morgan fingerprint density at radius 1 is 1.29 bits per heavy atom. The molecule has 3 rings (SSSR count). The van der Waals surface area contributed by atoms with Crippen LogP contribution in [0.4, 0.5) is 5.13 Å². The number of ketones is 1. The van der Waals surface area contributed by atoms with E-state index in [-0.39, 0.29) is 11.2 Å². The number of Topliss-reactive ketones (excluding diaryl/α,β-unsaturated/α-hetero) is 1. The monoisotopic (exact) mass is 307 g/mol. The summed E-state index contributed by atoms with van der Waals surface area (Å²) < 4.78 is 0. The average molecular weight is 307 g/mol. The van der Waals surface area contributed by atoms with E-state index in [9.17, 15) is 4.79 Å². The van der Waals surface area contributed by atoms with Gasteiger partial charge in [-0.15, -0.1) is 0 Å². The summed E-state index contributed by atoms with van der Waals surface area (Å²) in [6, 6.07) is 0.568. The van der Waals surface area contributed by atoms with Crippen molar-refractivity contribution in [3.63, 3.8) is 0 Å². The fourth-order valence-electron chi connectivity index (χ4n) is 3.62. The van der Waals surface area contributed by atoms with Gasteiger partial charge in [0.15, 0.2) is 10.9 Å². The van der Waals surface area contributed by atoms with E-state index in [0.717, 1.165) is 35.2 Å². The average Bonchev–Trinajstić information content (AvgIpc) is 2.91. The summed E-state index contributed by atoms with van der Waals surface area (Å²) in [5.74, 6) is 0.912. The quantitative estimate of drug-likeness (QED) is 0.842. The second-order valence-electron chi connectivity index (χ2n) is 7.63. The number of nitrogens with zero attached hydrogens (tertiary/aromatic N) is 3. The normalized spacial score (nSPS) is 28.3. The van der Waals surface area contributed by atoms with Gasteiger partial charge in [-0.2, -0.15) is 0 Å². The lowest BCUT2D eigenvalue weighted by Gasteiger charge is -2.26. The predicted molar refractivity (Wildman–Crippen MR) is 87.4 cm³/mol. The second-order valence-corrected chi connectivity index (χ2v) is 8.60. The van der Waals surface area contributed by atoms with E-state index in [1.165, 1.54) is 0 Å². The molecule has 1 aliphatic heterocycles. The highest BCUT2D eigenvalue weighted by atomic mass is 32.1. The van der Waals surface area contributed by atoms with Gasteiger partial charge in [0.25, 0.3) is 0 Å². The summed E-state index contributed by atoms with van der Waals surface area (Å²) in [5, 5.41) is 1.04. The molecule has 0 bridgehead atoms. The van der Waals surface area contributed by atoms with E-state index < -0.39 is 0 Å². The summed E-state index contributed by atoms with van der Waals surface area (Å²) in [7, 11) is 4.28. The van der Waals surface area contributed by atoms with Crippen LogP contribution in [0.25, 0.3) is 0 Å². The van der Waals surface area contributed by atoms with Gasteiger partial charge in [-0.1, -0.05) is 32.1 Å². The number of hydrogen-bond donors (Lipinski definition) is 0. The summed E-state index contributed by atoms with van der Waals surface area (Å²) in [6.45, 7) is 8.66. The van der Waals surface area contributed by atoms with Crippen LogP contribution < -0.4 is 4.90 Å². The number of rotatable bonds is 2. The first-order chi connectivity index (χ1) is 9.77. The van der Waals surface area contributed by atoms with Crippen LogP contribution in [0.3, 0.4) is 0 Å². The summed E-state index contributed by atoms with van der Waals surface area (Å²) >= 11 is 1.60. The third kappa shape index (κ3) is 2.73. The Bertz CT molecular complexity index is 564. The lowest BCUT2D eigenvalue weighted by Crippen LogP contribution is -2.34. The summed E-state index contributed by atoms with van der Waals surface area (Å²) in [5.41, 5.74) is 1.08. The molecule has 1 saturated heterocycles. The fraction of sp³-hybridized carbons (Fsp3) is 0.750. The van der Waals surface area contributed by atoms with Crippen molar-refractivity contribution in [2.75, 3.05) is 32.1 Å². The smallest absolute Gasteiger partial charge is 0.186 e. The van der Waals surface area contributed by atoms with Crippen molar-refractivity contribution < 1.29 is 4.79 Å². The largest absolute Gasteiger partial charge is 0.346 e. The van der Waals surface area contributed by atoms with Crippen LogP contribution in [0, 0.1) is 11.3 Å². The van der Waals surface area contributed by atoms with Gasteiger partial charge in [-0.05, 0) is 31.8 Å². The van der Waals surface area contributed by atoms with Crippen molar-refractivity contribution in [1.29, 1.82) is 0 Å². The van der Waals surface area contributed by atoms with Crippen LogP contribution in [0.2, 0.25) is 0 Å². The number of anilines is 1. The topological polar surface area (TPSA) is 36.4 Å². The van der Waals surface area contributed by atoms with Crippen molar-refractivity contribution in [3.05, 3.63) is 10.6 Å². The van der Waals surface area contributed by atoms with Gasteiger partial charge in [0, 0.05) is 25.6 Å². The molecule has 0 N–H and O–H groups in total. The third-order valence-corrected chi connectivity index (χ3v) is 5.93. The maximum absolute atomic E-state index is 12.3. The Labute approximate surface area is 131 Å². The maximum Gasteiger partial charge on any atom is 0.186 e. The highest BCUT2D eigenvalue weighted by Crippen LogP contribution is 2.40. The first-order valence-corrected chi connectivity index (χ1v) is 8.53. The minimum Gasteiger partial charge on any atom is -0.346 e. The number of fused-ring (bicyclic) bond motifs is 1. The van der Waals surface area contributed by atoms with E-state index in [0.29, 0.717) is 18.4 Å². The van der Waals surface area contributed by atoms with E-state index >= 15 is 0 Å². The van der Waals surface area contributed by atoms with E-state index in [4.69, 9.17) is 4.98 Å². The first-order valence-electron chi connectivity index (χ1n) is 7.71. The molecule has 1 fully saturated rings. The highest BCUT2D eigenvalue weighted by Gasteiger charge is 2.37. The van der Waals surface area contributed by atoms with Crippen molar-refractivity contribution in [3.8, 4) is 0 Å². The molecule has 2 aliphatic rings. The zero-order valence-corrected chi connectivity index (χ0v) is 14.5. The molecule has 2 atom stereocenters. The molecule has 0 radical (unpaired) electrons. The van der Waals surface area contributed by atoms with Gasteiger partial charge in [0.1, 0.15) is 0 Å². The lowest BCUT2D eigenvalue weighted by molar-refractivity contribution is 0.0916. The number of hydrogen-bond acceptors (Lipinski definition) is 5. The molecule has 1 aromatic heterocycles. The highest BCUT2D eigenvalue weighted by molar-refractivity contribution is 7.17. The number of likely N-dealkylation sites (N-methyl/N-ethyl adjacent to an activating group) is 1. The molecule has 116 valence electrons. The van der Waals surface area contributed by atoms with Crippen LogP contribution in [-0.4, -0.2) is 48.9 Å². The van der Waals surface area contributed by atoms with Crippen LogP contribution >= 0.6 is 11.3 Å². The molecule has 1 aliphatic carbocycles. The van der Waals surface area contributed by atoms with Gasteiger partial charge in [0.05, 0.1) is 10.6 Å². The van der Waals surface area contributed by atoms with Crippen molar-refractivity contribution in [2.24, 2.45) is 11.3 Å². The number of aromatic nitrogens is 1. The fourth-order valence-corrected chi connectivity index (χ4v) is 4.66. The lowest BCUT2D eigenvalue weighted by atomic mass is 9.78. The van der Waals surface area contributed by atoms with Gasteiger partial charge in [-0.25, -0.2) is 4.98 Å². The molecule has 2 unspecified atom stereocenters. The molecular formula is C16H25N3OS. The van der Waals surface area contributed by atoms with E-state index in [1.807, 2.05) is 0 Å². The SMILES string of the molecule is CC1CN(c2nc3c(s2)C(=O)CC(C)(C)C3)CC1N(C)C. The Hall–Kier alpha value is -0.940. The first kappa shape index (κ1) is 15.0. The van der Waals surface area contributed by atoms with Gasteiger partial charge >= 0.3 is 0 Å². The molecule has 4 nitrogen and oxygen atoms in total. The molecule has 1 aromatic rings. The molecule has 0 aromatic carbocycles. The van der Waals surface area contributed by atoms with Gasteiger partial charge in [-0.3, -0.25) is 4.79 Å². The Morgan fingerprint density at radius 3 is 2.62 bits per heavy atom. The molecule has 2 heterocycles. The van der Waals surface area contributed by atoms with E-state index in [2.05, 4.69) is 44.7 Å². The Morgan fingerprint density at radius 2 is 2.00 bits per heavy atom. The van der Waals surface area contributed by atoms with Crippen LogP contribution in [0.15, 0.2) is 0 Å². The number of carbonyl (C=O) groups is 1. The zero-order valence-electron chi connectivity index (χ0n) is 13.6. The Balaban J connectivity index is 1.85. The Kier molecular flexibility index (Phi) is 3.61. The number of thiazole rings is 1. The molecule has 21 heavy (non-hydrogen) atoms. The third-order valence-electron chi connectivity index (χ3n) is 4.73. The van der Waals surface area contributed by atoms with Crippen LogP contribution in [0.1, 0.15) is 42.6 Å². The standard InChI is InChI=1S/C16H25N3OS/c1-10-8-19(9-12(10)18(4)5)15-17-11-6-16(2,3)7-13(20)14(11)21-15/h10,12H,6-9H2,1-5H3. The van der Waals surface area contributed by atoms with Crippen LogP contribution in [-0.2, 0) is 6.42 Å². The molecular weight excluding hydrogens is 282 g/mol. The zero-order chi connectivity index (χ0) is 15.4. The van der Waals surface area contributed by atoms with Crippen molar-refractivity contribution >= 4 is 22.3 Å². The predicted octanol–water partition coefficient (Wildman–Crippen LogP) is 2.68.